The maximum Gasteiger partial charge on any atom is 0.188 e. The average Bonchev–Trinajstić information content (AvgIpc) is 3.39. The number of benzene rings is 1. The number of guanidine groups is 1. The van der Waals surface area contributed by atoms with E-state index in [4.69, 9.17) is 5.73 Å². The van der Waals surface area contributed by atoms with E-state index in [1.807, 2.05) is 12.1 Å². The Morgan fingerprint density at radius 2 is 1.89 bits per heavy atom. The molecule has 1 heterocycles. The minimum absolute atomic E-state index is 0.131. The average molecular weight is 523 g/mol. The normalized spacial score (nSPS) is 34.7. The highest BCUT2D eigenvalue weighted by Crippen LogP contribution is 2.57. The molecule has 7 nitrogen and oxygen atoms in total. The number of aliphatic hydroxyl groups is 3. The second-order valence-electron chi connectivity index (χ2n) is 12.3. The van der Waals surface area contributed by atoms with Crippen LogP contribution < -0.4 is 11.1 Å². The fourth-order valence-corrected chi connectivity index (χ4v) is 8.06. The van der Waals surface area contributed by atoms with Gasteiger partial charge in [0.25, 0.3) is 0 Å². The van der Waals surface area contributed by atoms with E-state index in [1.54, 1.807) is 7.05 Å². The number of nitrogens with one attached hydrogen (secondary N) is 2. The van der Waals surface area contributed by atoms with Gasteiger partial charge in [-0.25, -0.2) is 0 Å². The van der Waals surface area contributed by atoms with Gasteiger partial charge < -0.3 is 31.4 Å². The molecule has 0 unspecified atom stereocenters. The Hall–Kier alpha value is -2.35. The number of H-pyrrole nitrogens is 1. The van der Waals surface area contributed by atoms with Crippen LogP contribution in [0.5, 0.6) is 0 Å². The van der Waals surface area contributed by atoms with Gasteiger partial charge >= 0.3 is 0 Å². The number of hydrogen-bond acceptors (Lipinski definition) is 4. The Kier molecular flexibility index (Phi) is 7.90. The van der Waals surface area contributed by atoms with E-state index in [0.717, 1.165) is 61.7 Å². The van der Waals surface area contributed by atoms with Crippen molar-refractivity contribution in [2.24, 2.45) is 34.4 Å². The fraction of sp³-hybridized carbons (Fsp3) is 0.645. The summed E-state index contributed by atoms with van der Waals surface area (Å²) in [5, 5.41) is 40.0. The van der Waals surface area contributed by atoms with Crippen LogP contribution in [-0.2, 0) is 6.42 Å². The Morgan fingerprint density at radius 1 is 1.13 bits per heavy atom. The summed E-state index contributed by atoms with van der Waals surface area (Å²) in [6.07, 6.45) is 8.51. The van der Waals surface area contributed by atoms with Crippen molar-refractivity contribution in [3.8, 4) is 0 Å². The number of nitrogens with zero attached hydrogens (tertiary/aromatic N) is 1. The molecule has 1 aromatic heterocycles. The highest BCUT2D eigenvalue weighted by Gasteiger charge is 2.61. The van der Waals surface area contributed by atoms with Gasteiger partial charge in [0.15, 0.2) is 5.96 Å². The number of nitrogens with two attached hydrogens (primary N) is 1. The van der Waals surface area contributed by atoms with Crippen molar-refractivity contribution in [3.05, 3.63) is 48.2 Å². The lowest BCUT2D eigenvalue weighted by molar-refractivity contribution is -0.120. The lowest BCUT2D eigenvalue weighted by atomic mass is 9.65. The second-order valence-corrected chi connectivity index (χ2v) is 12.3. The first-order valence-corrected chi connectivity index (χ1v) is 14.6. The van der Waals surface area contributed by atoms with E-state index in [0.29, 0.717) is 31.8 Å². The topological polar surface area (TPSA) is 127 Å². The Bertz CT molecular complexity index is 1120. The lowest BCUT2D eigenvalue weighted by Crippen LogP contribution is -2.51. The monoisotopic (exact) mass is 522 g/mol. The molecule has 0 saturated heterocycles. The van der Waals surface area contributed by atoms with Gasteiger partial charge in [0.1, 0.15) is 0 Å². The molecular weight excluding hydrogens is 476 g/mol. The SMILES string of the molecule is C=C(Cc1cc2ccccc2[nH]1)[C@H]1CC[C@](O)(C2CCCCC2)[C@H]2C[C@H](O)[C@@](O)(CCNC(N)=NC)[C@H]2C1. The van der Waals surface area contributed by atoms with Crippen LogP contribution in [0.3, 0.4) is 0 Å². The predicted octanol–water partition coefficient (Wildman–Crippen LogP) is 4.03. The minimum Gasteiger partial charge on any atom is -0.390 e. The molecule has 3 aliphatic rings. The molecule has 7 N–H and O–H groups in total. The zero-order valence-electron chi connectivity index (χ0n) is 22.8. The van der Waals surface area contributed by atoms with Crippen molar-refractivity contribution in [2.45, 2.75) is 87.9 Å². The Morgan fingerprint density at radius 3 is 2.63 bits per heavy atom. The molecule has 38 heavy (non-hydrogen) atoms. The predicted molar refractivity (Wildman–Crippen MR) is 153 cm³/mol. The summed E-state index contributed by atoms with van der Waals surface area (Å²) in [6.45, 7) is 4.95. The van der Waals surface area contributed by atoms with Crippen LogP contribution in [-0.4, -0.2) is 57.2 Å². The molecule has 3 aliphatic carbocycles. The Balaban J connectivity index is 1.41. The van der Waals surface area contributed by atoms with Crippen LogP contribution in [0.4, 0.5) is 0 Å². The van der Waals surface area contributed by atoms with Crippen molar-refractivity contribution in [3.63, 3.8) is 0 Å². The van der Waals surface area contributed by atoms with Crippen molar-refractivity contribution >= 4 is 16.9 Å². The molecule has 0 amide bonds. The van der Waals surface area contributed by atoms with E-state index in [1.165, 1.54) is 11.8 Å². The standard InChI is InChI=1S/C31H46N4O3/c1-20(16-24-17-22-8-6-7-11-27(22)35-24)21-12-13-30(37,23-9-4-3-5-10-23)26-19-28(36)31(38,25(26)18-21)14-15-34-29(32)33-2/h6-8,11,17,21,23,25-26,28,35-38H,1,3-5,9-10,12-16,18-19H2,2H3,(H3,32,33,34)/t21-,25-,26-,28-,30-,31+/m0/s1. The van der Waals surface area contributed by atoms with Crippen LogP contribution in [0.2, 0.25) is 0 Å². The van der Waals surface area contributed by atoms with Crippen molar-refractivity contribution in [1.29, 1.82) is 0 Å². The molecule has 1 aromatic carbocycles. The molecule has 3 saturated carbocycles. The maximum absolute atomic E-state index is 12.4. The number of fused-ring (bicyclic) bond motifs is 2. The third-order valence-corrected chi connectivity index (χ3v) is 10.2. The molecule has 6 atom stereocenters. The molecule has 208 valence electrons. The molecule has 2 aromatic rings. The smallest absolute Gasteiger partial charge is 0.188 e. The van der Waals surface area contributed by atoms with Crippen molar-refractivity contribution in [1.82, 2.24) is 10.3 Å². The largest absolute Gasteiger partial charge is 0.390 e. The number of aromatic amines is 1. The zero-order chi connectivity index (χ0) is 26.9. The van der Waals surface area contributed by atoms with Gasteiger partial charge in [-0.05, 0) is 86.1 Å². The summed E-state index contributed by atoms with van der Waals surface area (Å²) in [5.74, 6) is 0.368. The van der Waals surface area contributed by atoms with Gasteiger partial charge in [-0.2, -0.15) is 0 Å². The second kappa shape index (κ2) is 11.0. The molecule has 0 bridgehead atoms. The van der Waals surface area contributed by atoms with Gasteiger partial charge in [0, 0.05) is 31.2 Å². The lowest BCUT2D eigenvalue weighted by Gasteiger charge is -2.45. The molecule has 3 fully saturated rings. The highest BCUT2D eigenvalue weighted by atomic mass is 16.3. The van der Waals surface area contributed by atoms with Crippen LogP contribution >= 0.6 is 0 Å². The number of aromatic nitrogens is 1. The summed E-state index contributed by atoms with van der Waals surface area (Å²) in [4.78, 5) is 7.48. The third-order valence-electron chi connectivity index (χ3n) is 10.2. The summed E-state index contributed by atoms with van der Waals surface area (Å²) < 4.78 is 0. The van der Waals surface area contributed by atoms with E-state index in [2.05, 4.69) is 40.1 Å². The third kappa shape index (κ3) is 5.13. The first-order chi connectivity index (χ1) is 18.2. The van der Waals surface area contributed by atoms with Crippen LogP contribution in [0.25, 0.3) is 10.9 Å². The number of aliphatic hydroxyl groups excluding tert-OH is 1. The highest BCUT2D eigenvalue weighted by molar-refractivity contribution is 5.80. The van der Waals surface area contributed by atoms with Crippen molar-refractivity contribution < 1.29 is 15.3 Å². The number of rotatable bonds is 7. The number of aliphatic imine (C=N–C) groups is 1. The van der Waals surface area contributed by atoms with E-state index in [9.17, 15) is 15.3 Å². The molecule has 0 aliphatic heterocycles. The van der Waals surface area contributed by atoms with Gasteiger partial charge in [-0.1, -0.05) is 49.6 Å². The molecular formula is C31H46N4O3. The van der Waals surface area contributed by atoms with Crippen LogP contribution in [0.15, 0.2) is 47.5 Å². The van der Waals surface area contributed by atoms with Gasteiger partial charge in [0.2, 0.25) is 0 Å². The summed E-state index contributed by atoms with van der Waals surface area (Å²) in [6, 6.07) is 10.5. The zero-order valence-corrected chi connectivity index (χ0v) is 22.8. The fourth-order valence-electron chi connectivity index (χ4n) is 8.06. The minimum atomic E-state index is -1.29. The molecule has 0 radical (unpaired) electrons. The Labute approximate surface area is 226 Å². The molecule has 7 heteroatoms. The van der Waals surface area contributed by atoms with Crippen molar-refractivity contribution in [2.75, 3.05) is 13.6 Å². The van der Waals surface area contributed by atoms with E-state index >= 15 is 0 Å². The van der Waals surface area contributed by atoms with Gasteiger partial charge in [-0.3, -0.25) is 4.99 Å². The van der Waals surface area contributed by atoms with E-state index in [-0.39, 0.29) is 23.7 Å². The number of hydrogen-bond donors (Lipinski definition) is 6. The maximum atomic E-state index is 12.4. The number of para-hydroxylation sites is 1. The summed E-state index contributed by atoms with van der Waals surface area (Å²) in [7, 11) is 1.62. The molecule has 0 spiro atoms. The first-order valence-electron chi connectivity index (χ1n) is 14.6. The van der Waals surface area contributed by atoms with Crippen LogP contribution in [0.1, 0.15) is 69.9 Å². The van der Waals surface area contributed by atoms with Crippen LogP contribution in [0, 0.1) is 23.7 Å². The first kappa shape index (κ1) is 27.2. The summed E-state index contributed by atoms with van der Waals surface area (Å²) in [5.41, 5.74) is 7.07. The van der Waals surface area contributed by atoms with Gasteiger partial charge in [0.05, 0.1) is 17.3 Å². The quantitative estimate of drug-likeness (QED) is 0.186. The van der Waals surface area contributed by atoms with Gasteiger partial charge in [-0.15, -0.1) is 0 Å². The summed E-state index contributed by atoms with van der Waals surface area (Å²) >= 11 is 0. The molecule has 5 rings (SSSR count). The van der Waals surface area contributed by atoms with E-state index < -0.39 is 17.3 Å². The number of allylic oxidation sites excluding steroid dienone is 1.